The lowest BCUT2D eigenvalue weighted by Gasteiger charge is -2.30. The molecule has 0 unspecified atom stereocenters. The molecule has 9 heteroatoms. The average molecular weight is 438 g/mol. The minimum Gasteiger partial charge on any atom is -0.345 e. The topological polar surface area (TPSA) is 97.8 Å². The van der Waals surface area contributed by atoms with Gasteiger partial charge >= 0.3 is 0 Å². The van der Waals surface area contributed by atoms with Gasteiger partial charge in [-0.1, -0.05) is 24.1 Å². The van der Waals surface area contributed by atoms with Gasteiger partial charge in [-0.2, -0.15) is 10.1 Å². The van der Waals surface area contributed by atoms with Gasteiger partial charge in [0.1, 0.15) is 5.65 Å². The second-order valence-corrected chi connectivity index (χ2v) is 9.23. The number of rotatable bonds is 2. The maximum atomic E-state index is 13.5. The number of aromatic amines is 1. The van der Waals surface area contributed by atoms with Gasteiger partial charge in [-0.15, -0.1) is 0 Å². The molecule has 4 aromatic rings. The van der Waals surface area contributed by atoms with Gasteiger partial charge in [0.05, 0.1) is 15.9 Å². The molecule has 0 spiro atoms. The van der Waals surface area contributed by atoms with E-state index >= 15 is 0 Å². The number of hydrogen-bond donors (Lipinski definition) is 2. The fourth-order valence-corrected chi connectivity index (χ4v) is 5.80. The maximum absolute atomic E-state index is 13.5. The van der Waals surface area contributed by atoms with Gasteiger partial charge in [-0.3, -0.25) is 14.0 Å². The van der Waals surface area contributed by atoms with Crippen molar-refractivity contribution in [3.05, 3.63) is 39.9 Å². The molecule has 1 aromatic carbocycles. The fraction of sp³-hybridized carbons (Fsp3) is 0.409. The molecule has 8 nitrogen and oxygen atoms in total. The predicted octanol–water partition coefficient (Wildman–Crippen LogP) is 2.78. The summed E-state index contributed by atoms with van der Waals surface area (Å²) in [4.78, 5) is 23.8. The first-order valence-corrected chi connectivity index (χ1v) is 11.0. The maximum Gasteiger partial charge on any atom is 0.264 e. The van der Waals surface area contributed by atoms with Crippen LogP contribution in [0.3, 0.4) is 0 Å². The van der Waals surface area contributed by atoms with Crippen LogP contribution in [0.15, 0.2) is 29.3 Å². The molecule has 1 saturated heterocycles. The molecule has 1 aliphatic heterocycles. The number of fused-ring (bicyclic) bond motifs is 4. The summed E-state index contributed by atoms with van der Waals surface area (Å²) in [5, 5.41) is 6.39. The predicted molar refractivity (Wildman–Crippen MR) is 123 cm³/mol. The zero-order valence-corrected chi connectivity index (χ0v) is 18.2. The third-order valence-corrected chi connectivity index (χ3v) is 7.48. The Balaban J connectivity index is 1.52. The first-order valence-electron chi connectivity index (χ1n) is 10.7. The molecular formula is C22H24ClN7O. The van der Waals surface area contributed by atoms with E-state index < -0.39 is 0 Å². The molecule has 31 heavy (non-hydrogen) atoms. The molecule has 1 saturated carbocycles. The van der Waals surface area contributed by atoms with Crippen molar-refractivity contribution in [1.82, 2.24) is 24.3 Å². The Morgan fingerprint density at radius 2 is 2.06 bits per heavy atom. The lowest BCUT2D eigenvalue weighted by atomic mass is 9.86. The normalized spacial score (nSPS) is 23.4. The van der Waals surface area contributed by atoms with Crippen molar-refractivity contribution in [2.75, 3.05) is 11.4 Å². The van der Waals surface area contributed by atoms with Crippen LogP contribution in [0, 0.1) is 5.92 Å². The number of hydrogen-bond acceptors (Lipinski definition) is 5. The van der Waals surface area contributed by atoms with E-state index in [1.807, 2.05) is 31.6 Å². The van der Waals surface area contributed by atoms with Crippen LogP contribution in [0.4, 0.5) is 5.95 Å². The third kappa shape index (κ3) is 2.61. The molecule has 4 heterocycles. The van der Waals surface area contributed by atoms with E-state index in [0.29, 0.717) is 27.9 Å². The number of anilines is 1. The second kappa shape index (κ2) is 6.58. The Morgan fingerprint density at radius 3 is 2.87 bits per heavy atom. The zero-order valence-electron chi connectivity index (χ0n) is 17.5. The highest BCUT2D eigenvalue weighted by atomic mass is 35.5. The molecule has 2 bridgehead atoms. The van der Waals surface area contributed by atoms with Crippen molar-refractivity contribution in [3.8, 4) is 11.1 Å². The molecule has 1 aliphatic carbocycles. The lowest BCUT2D eigenvalue weighted by molar-refractivity contribution is 0.357. The van der Waals surface area contributed by atoms with E-state index in [-0.39, 0.29) is 17.6 Å². The van der Waals surface area contributed by atoms with Crippen molar-refractivity contribution in [2.24, 2.45) is 25.7 Å². The van der Waals surface area contributed by atoms with Gasteiger partial charge < -0.3 is 15.6 Å². The Hall–Kier alpha value is -2.84. The number of aryl methyl sites for hydroxylation is 1. The number of halogens is 1. The quantitative estimate of drug-likeness (QED) is 0.502. The first kappa shape index (κ1) is 18.9. The highest BCUT2D eigenvalue weighted by Gasteiger charge is 2.43. The number of aromatic nitrogens is 5. The summed E-state index contributed by atoms with van der Waals surface area (Å²) in [6.45, 7) is 0.856. The lowest BCUT2D eigenvalue weighted by Crippen LogP contribution is -2.44. The molecule has 2 aliphatic rings. The van der Waals surface area contributed by atoms with E-state index in [1.54, 1.807) is 16.3 Å². The van der Waals surface area contributed by atoms with Crippen molar-refractivity contribution < 1.29 is 0 Å². The molecule has 6 rings (SSSR count). The summed E-state index contributed by atoms with van der Waals surface area (Å²) < 4.78 is 3.39. The SMILES string of the molecule is Cn1cc2c(Cl)c(-c3c[nH]c4nc(N5C[C@H]6CCC[C@@H]5[C@@H]6N)n(C)c(=O)c34)ccc2n1. The van der Waals surface area contributed by atoms with Crippen LogP contribution in [-0.2, 0) is 14.1 Å². The highest BCUT2D eigenvalue weighted by Crippen LogP contribution is 2.39. The van der Waals surface area contributed by atoms with Crippen molar-refractivity contribution in [3.63, 3.8) is 0 Å². The van der Waals surface area contributed by atoms with Crippen LogP contribution in [0.25, 0.3) is 33.1 Å². The Morgan fingerprint density at radius 1 is 1.23 bits per heavy atom. The van der Waals surface area contributed by atoms with Crippen LogP contribution >= 0.6 is 11.6 Å². The number of H-pyrrole nitrogens is 1. The number of nitrogens with zero attached hydrogens (tertiary/aromatic N) is 5. The number of nitrogens with one attached hydrogen (secondary N) is 1. The van der Waals surface area contributed by atoms with Gasteiger partial charge in [-0.25, -0.2) is 0 Å². The molecule has 3 atom stereocenters. The molecule has 3 N–H and O–H groups in total. The summed E-state index contributed by atoms with van der Waals surface area (Å²) in [6, 6.07) is 4.22. The van der Waals surface area contributed by atoms with Crippen molar-refractivity contribution >= 4 is 39.5 Å². The van der Waals surface area contributed by atoms with Gasteiger partial charge in [0.2, 0.25) is 5.95 Å². The first-order chi connectivity index (χ1) is 14.9. The average Bonchev–Trinajstić information content (AvgIpc) is 3.37. The van der Waals surface area contributed by atoms with Gasteiger partial charge in [0.15, 0.2) is 0 Å². The third-order valence-electron chi connectivity index (χ3n) is 7.07. The van der Waals surface area contributed by atoms with Crippen LogP contribution in [0.2, 0.25) is 5.02 Å². The standard InChI is InChI=1S/C22H24ClN7O/c1-28-10-14-15(27-28)7-6-12(18(14)23)13-8-25-20-17(13)21(31)29(2)22(26-20)30-9-11-4-3-5-16(30)19(11)24/h6-8,10-11,16,19,25H,3-5,9,24H2,1-2H3/t11-,16-,19-/m1/s1. The summed E-state index contributed by atoms with van der Waals surface area (Å²) >= 11 is 6.73. The summed E-state index contributed by atoms with van der Waals surface area (Å²) in [5.74, 6) is 1.15. The van der Waals surface area contributed by atoms with E-state index in [2.05, 4.69) is 15.0 Å². The van der Waals surface area contributed by atoms with Crippen LogP contribution < -0.4 is 16.2 Å². The highest BCUT2D eigenvalue weighted by molar-refractivity contribution is 6.38. The van der Waals surface area contributed by atoms with E-state index in [9.17, 15) is 4.79 Å². The minimum atomic E-state index is -0.0892. The van der Waals surface area contributed by atoms with Crippen molar-refractivity contribution in [1.29, 1.82) is 0 Å². The second-order valence-electron chi connectivity index (χ2n) is 8.85. The Labute approximate surface area is 183 Å². The van der Waals surface area contributed by atoms with Crippen molar-refractivity contribution in [2.45, 2.75) is 31.3 Å². The van der Waals surface area contributed by atoms with Crippen LogP contribution in [0.1, 0.15) is 19.3 Å². The minimum absolute atomic E-state index is 0.0892. The van der Waals surface area contributed by atoms with Crippen LogP contribution in [-0.4, -0.2) is 42.9 Å². The Kier molecular flexibility index (Phi) is 4.01. The van der Waals surface area contributed by atoms with Gasteiger partial charge in [-0.05, 0) is 24.8 Å². The zero-order chi connectivity index (χ0) is 21.4. The molecule has 0 amide bonds. The summed E-state index contributed by atoms with van der Waals surface area (Å²) in [5.41, 5.74) is 9.32. The summed E-state index contributed by atoms with van der Waals surface area (Å²) in [7, 11) is 3.66. The molecule has 2 fully saturated rings. The van der Waals surface area contributed by atoms with E-state index in [4.69, 9.17) is 22.3 Å². The fourth-order valence-electron chi connectivity index (χ4n) is 5.49. The summed E-state index contributed by atoms with van der Waals surface area (Å²) in [6.07, 6.45) is 7.08. The van der Waals surface area contributed by atoms with E-state index in [0.717, 1.165) is 41.4 Å². The van der Waals surface area contributed by atoms with Gasteiger partial charge in [0.25, 0.3) is 5.56 Å². The number of nitrogens with two attached hydrogens (primary N) is 1. The van der Waals surface area contributed by atoms with E-state index in [1.165, 1.54) is 6.42 Å². The monoisotopic (exact) mass is 437 g/mol. The van der Waals surface area contributed by atoms with Crippen LogP contribution in [0.5, 0.6) is 0 Å². The molecule has 3 aromatic heterocycles. The molecule has 160 valence electrons. The van der Waals surface area contributed by atoms with Gasteiger partial charge in [0, 0.05) is 61.6 Å². The molecule has 0 radical (unpaired) electrons. The smallest absolute Gasteiger partial charge is 0.264 e. The largest absolute Gasteiger partial charge is 0.345 e. The Bertz CT molecular complexity index is 1400. The molecular weight excluding hydrogens is 414 g/mol. The number of benzene rings is 1.